The zero-order chi connectivity index (χ0) is 13.4. The van der Waals surface area contributed by atoms with Crippen LogP contribution in [0.15, 0.2) is 12.4 Å². The van der Waals surface area contributed by atoms with Gasteiger partial charge in [-0.15, -0.1) is 12.4 Å². The highest BCUT2D eigenvalue weighted by molar-refractivity contribution is 5.85. The Bertz CT molecular complexity index is 471. The van der Waals surface area contributed by atoms with Crippen LogP contribution >= 0.6 is 12.4 Å². The first kappa shape index (κ1) is 15.3. The molecule has 6 heteroatoms. The Morgan fingerprint density at radius 1 is 1.50 bits per heavy atom. The van der Waals surface area contributed by atoms with Crippen LogP contribution in [0.1, 0.15) is 31.2 Å². The molecular formula is C14H23ClN4O. The summed E-state index contributed by atoms with van der Waals surface area (Å²) < 4.78 is 1.80. The van der Waals surface area contributed by atoms with Crippen LogP contribution < -0.4 is 10.6 Å². The summed E-state index contributed by atoms with van der Waals surface area (Å²) in [5.74, 6) is 1.18. The predicted molar refractivity (Wildman–Crippen MR) is 79.9 cm³/mol. The number of carbonyl (C=O) groups is 1. The molecule has 2 N–H and O–H groups in total. The fourth-order valence-corrected chi connectivity index (χ4v) is 2.98. The molecule has 0 bridgehead atoms. The van der Waals surface area contributed by atoms with Crippen LogP contribution in [0.25, 0.3) is 0 Å². The van der Waals surface area contributed by atoms with Gasteiger partial charge in [-0.3, -0.25) is 9.48 Å². The maximum atomic E-state index is 12.4. The van der Waals surface area contributed by atoms with Crippen LogP contribution in [0.3, 0.4) is 0 Å². The molecule has 3 atom stereocenters. The maximum Gasteiger partial charge on any atom is 0.225 e. The van der Waals surface area contributed by atoms with Crippen molar-refractivity contribution in [2.75, 3.05) is 13.1 Å². The Balaban J connectivity index is 0.00000147. The van der Waals surface area contributed by atoms with Gasteiger partial charge in [0.25, 0.3) is 0 Å². The van der Waals surface area contributed by atoms with E-state index in [4.69, 9.17) is 0 Å². The van der Waals surface area contributed by atoms with Crippen molar-refractivity contribution in [1.29, 1.82) is 0 Å². The minimum Gasteiger partial charge on any atom is -0.353 e. The van der Waals surface area contributed by atoms with Gasteiger partial charge in [0.05, 0.1) is 12.1 Å². The number of aromatic nitrogens is 2. The van der Waals surface area contributed by atoms with Crippen LogP contribution in [0.5, 0.6) is 0 Å². The number of carbonyl (C=O) groups excluding carboxylic acids is 1. The second kappa shape index (κ2) is 6.14. The summed E-state index contributed by atoms with van der Waals surface area (Å²) >= 11 is 0. The van der Waals surface area contributed by atoms with E-state index in [2.05, 4.69) is 22.7 Å². The van der Waals surface area contributed by atoms with E-state index in [1.807, 2.05) is 19.4 Å². The molecule has 1 saturated heterocycles. The summed E-state index contributed by atoms with van der Waals surface area (Å²) in [6, 6.07) is 0.322. The van der Waals surface area contributed by atoms with Crippen LogP contribution in [0.2, 0.25) is 0 Å². The lowest BCUT2D eigenvalue weighted by Gasteiger charge is -2.20. The van der Waals surface area contributed by atoms with Crippen LogP contribution in [-0.4, -0.2) is 34.8 Å². The van der Waals surface area contributed by atoms with Crippen molar-refractivity contribution in [3.63, 3.8) is 0 Å². The molecule has 1 aromatic rings. The quantitative estimate of drug-likeness (QED) is 0.874. The summed E-state index contributed by atoms with van der Waals surface area (Å²) in [5, 5.41) is 10.7. The lowest BCUT2D eigenvalue weighted by atomic mass is 9.90. The largest absolute Gasteiger partial charge is 0.353 e. The molecule has 1 saturated carbocycles. The smallest absolute Gasteiger partial charge is 0.225 e. The van der Waals surface area contributed by atoms with Gasteiger partial charge in [-0.25, -0.2) is 0 Å². The minimum absolute atomic E-state index is 0. The van der Waals surface area contributed by atoms with Gasteiger partial charge in [-0.05, 0) is 31.2 Å². The molecule has 0 radical (unpaired) electrons. The van der Waals surface area contributed by atoms with Gasteiger partial charge in [0, 0.05) is 38.3 Å². The van der Waals surface area contributed by atoms with Crippen molar-refractivity contribution < 1.29 is 4.79 Å². The topological polar surface area (TPSA) is 59.0 Å². The highest BCUT2D eigenvalue weighted by Crippen LogP contribution is 2.33. The monoisotopic (exact) mass is 298 g/mol. The van der Waals surface area contributed by atoms with Gasteiger partial charge >= 0.3 is 0 Å². The molecule has 5 nitrogen and oxygen atoms in total. The van der Waals surface area contributed by atoms with E-state index >= 15 is 0 Å². The lowest BCUT2D eigenvalue weighted by Crippen LogP contribution is -2.40. The molecule has 2 aliphatic rings. The number of rotatable bonds is 4. The highest BCUT2D eigenvalue weighted by Gasteiger charge is 2.37. The number of amides is 1. The number of nitrogens with one attached hydrogen (secondary N) is 2. The zero-order valence-corrected chi connectivity index (χ0v) is 12.8. The van der Waals surface area contributed by atoms with Crippen molar-refractivity contribution in [1.82, 2.24) is 20.4 Å². The van der Waals surface area contributed by atoms with Gasteiger partial charge in [-0.1, -0.05) is 0 Å². The molecule has 1 aromatic heterocycles. The molecular weight excluding hydrogens is 276 g/mol. The van der Waals surface area contributed by atoms with Gasteiger partial charge in [0.1, 0.15) is 0 Å². The van der Waals surface area contributed by atoms with E-state index in [0.29, 0.717) is 12.0 Å². The second-order valence-corrected chi connectivity index (χ2v) is 5.95. The summed E-state index contributed by atoms with van der Waals surface area (Å²) in [6.07, 6.45) is 6.41. The lowest BCUT2D eigenvalue weighted by molar-refractivity contribution is -0.125. The Labute approximate surface area is 125 Å². The Morgan fingerprint density at radius 3 is 2.85 bits per heavy atom. The molecule has 2 fully saturated rings. The molecule has 1 amide bonds. The fourth-order valence-electron chi connectivity index (χ4n) is 2.98. The third-order valence-electron chi connectivity index (χ3n) is 4.40. The number of halogens is 1. The molecule has 20 heavy (non-hydrogen) atoms. The zero-order valence-electron chi connectivity index (χ0n) is 12.0. The molecule has 0 spiro atoms. The number of hydrogen-bond donors (Lipinski definition) is 2. The average Bonchev–Trinajstić information content (AvgIpc) is 2.96. The Morgan fingerprint density at radius 2 is 2.25 bits per heavy atom. The third-order valence-corrected chi connectivity index (χ3v) is 4.40. The van der Waals surface area contributed by atoms with Gasteiger partial charge in [-0.2, -0.15) is 5.10 Å². The third kappa shape index (κ3) is 3.15. The van der Waals surface area contributed by atoms with Crippen LogP contribution in [0, 0.1) is 11.8 Å². The predicted octanol–water partition coefficient (Wildman–Crippen LogP) is 1.06. The molecule has 112 valence electrons. The van der Waals surface area contributed by atoms with Crippen LogP contribution in [0.4, 0.5) is 0 Å². The highest BCUT2D eigenvalue weighted by atomic mass is 35.5. The van der Waals surface area contributed by atoms with E-state index in [-0.39, 0.29) is 30.2 Å². The summed E-state index contributed by atoms with van der Waals surface area (Å²) in [5.41, 5.74) is 1.16. The SMILES string of the molecule is CC(NC(=O)[C@H]1CNC[C@@H]1c1cnn(C)c1)C1CC1.Cl. The van der Waals surface area contributed by atoms with Crippen molar-refractivity contribution in [2.24, 2.45) is 18.9 Å². The molecule has 2 heterocycles. The van der Waals surface area contributed by atoms with Crippen molar-refractivity contribution in [2.45, 2.75) is 31.7 Å². The second-order valence-electron chi connectivity index (χ2n) is 5.95. The molecule has 1 aliphatic carbocycles. The Kier molecular flexibility index (Phi) is 4.70. The first-order valence-corrected chi connectivity index (χ1v) is 7.15. The van der Waals surface area contributed by atoms with Crippen molar-refractivity contribution >= 4 is 18.3 Å². The standard InChI is InChI=1S/C14H22N4O.ClH/c1-9(10-3-4-10)17-14(19)13-7-15-6-12(13)11-5-16-18(2)8-11;/h5,8-10,12-13,15H,3-4,6-7H2,1-2H3,(H,17,19);1H/t9?,12-,13+;/m1./s1. The van der Waals surface area contributed by atoms with Gasteiger partial charge < -0.3 is 10.6 Å². The van der Waals surface area contributed by atoms with E-state index in [1.54, 1.807) is 4.68 Å². The molecule has 1 aliphatic heterocycles. The summed E-state index contributed by atoms with van der Waals surface area (Å²) in [6.45, 7) is 3.75. The maximum absolute atomic E-state index is 12.4. The number of hydrogen-bond acceptors (Lipinski definition) is 3. The summed E-state index contributed by atoms with van der Waals surface area (Å²) in [7, 11) is 1.91. The number of aryl methyl sites for hydroxylation is 1. The van der Waals surface area contributed by atoms with E-state index < -0.39 is 0 Å². The first-order chi connectivity index (χ1) is 9.15. The first-order valence-electron chi connectivity index (χ1n) is 7.15. The van der Waals surface area contributed by atoms with E-state index in [9.17, 15) is 4.79 Å². The normalized spacial score (nSPS) is 26.9. The van der Waals surface area contributed by atoms with Gasteiger partial charge in [0.15, 0.2) is 0 Å². The minimum atomic E-state index is 0. The molecule has 0 aromatic carbocycles. The molecule has 3 rings (SSSR count). The van der Waals surface area contributed by atoms with Crippen LogP contribution in [-0.2, 0) is 11.8 Å². The van der Waals surface area contributed by atoms with E-state index in [0.717, 1.165) is 18.7 Å². The van der Waals surface area contributed by atoms with Crippen molar-refractivity contribution in [3.8, 4) is 0 Å². The Hall–Kier alpha value is -1.07. The summed E-state index contributed by atoms with van der Waals surface area (Å²) in [4.78, 5) is 12.4. The average molecular weight is 299 g/mol. The van der Waals surface area contributed by atoms with E-state index in [1.165, 1.54) is 12.8 Å². The fraction of sp³-hybridized carbons (Fsp3) is 0.714. The van der Waals surface area contributed by atoms with Gasteiger partial charge in [0.2, 0.25) is 5.91 Å². The number of nitrogens with zero attached hydrogens (tertiary/aromatic N) is 2. The molecule has 1 unspecified atom stereocenters. The van der Waals surface area contributed by atoms with Crippen molar-refractivity contribution in [3.05, 3.63) is 18.0 Å².